The highest BCUT2D eigenvalue weighted by Crippen LogP contribution is 2.17. The van der Waals surface area contributed by atoms with Gasteiger partial charge in [0.05, 0.1) is 17.9 Å². The van der Waals surface area contributed by atoms with E-state index in [1.165, 1.54) is 0 Å². The molecule has 0 saturated carbocycles. The number of hydrogen-bond donors (Lipinski definition) is 0. The number of hydrogen-bond acceptors (Lipinski definition) is 5. The molecule has 19 heavy (non-hydrogen) atoms. The van der Waals surface area contributed by atoms with Gasteiger partial charge in [0.25, 0.3) is 0 Å². The maximum absolute atomic E-state index is 11.8. The topological polar surface area (TPSA) is 55.3 Å². The smallest absolute Gasteiger partial charge is 0.341 e. The highest BCUT2D eigenvalue weighted by Gasteiger charge is 2.18. The zero-order valence-corrected chi connectivity index (χ0v) is 12.4. The summed E-state index contributed by atoms with van der Waals surface area (Å²) >= 11 is 0. The first kappa shape index (κ1) is 15.6. The van der Waals surface area contributed by atoms with Crippen molar-refractivity contribution in [1.29, 1.82) is 0 Å². The van der Waals surface area contributed by atoms with Gasteiger partial charge in [-0.2, -0.15) is 0 Å². The minimum atomic E-state index is -0.342. The van der Waals surface area contributed by atoms with Crippen LogP contribution in [-0.2, 0) is 11.2 Å². The molecule has 0 spiro atoms. The number of carbonyl (C=O) groups is 1. The fraction of sp³-hybridized carbons (Fsp3) is 0.643. The standard InChI is InChI=1S/C14H23N3O2/c1-6-19-14(18)11-9-15-12(7-8-17(4)5)16-13(11)10(2)3/h9-10H,6-8H2,1-5H3. The Labute approximate surface area is 115 Å². The summed E-state index contributed by atoms with van der Waals surface area (Å²) in [6, 6.07) is 0. The number of nitrogens with zero attached hydrogens (tertiary/aromatic N) is 3. The lowest BCUT2D eigenvalue weighted by Crippen LogP contribution is -2.18. The lowest BCUT2D eigenvalue weighted by atomic mass is 10.1. The maximum Gasteiger partial charge on any atom is 0.341 e. The summed E-state index contributed by atoms with van der Waals surface area (Å²) in [7, 11) is 4.02. The number of likely N-dealkylation sites (N-methyl/N-ethyl adjacent to an activating group) is 1. The van der Waals surface area contributed by atoms with Crippen LogP contribution >= 0.6 is 0 Å². The first-order valence-corrected chi connectivity index (χ1v) is 6.63. The van der Waals surface area contributed by atoms with E-state index in [0.29, 0.717) is 12.2 Å². The van der Waals surface area contributed by atoms with Gasteiger partial charge in [-0.1, -0.05) is 13.8 Å². The average molecular weight is 265 g/mol. The Morgan fingerprint density at radius 3 is 2.63 bits per heavy atom. The van der Waals surface area contributed by atoms with Crippen LogP contribution in [-0.4, -0.2) is 48.1 Å². The second-order valence-electron chi connectivity index (χ2n) is 5.01. The van der Waals surface area contributed by atoms with E-state index in [9.17, 15) is 4.79 Å². The van der Waals surface area contributed by atoms with E-state index in [4.69, 9.17) is 4.74 Å². The van der Waals surface area contributed by atoms with Crippen LogP contribution in [0, 0.1) is 0 Å². The van der Waals surface area contributed by atoms with Gasteiger partial charge in [0.2, 0.25) is 0 Å². The van der Waals surface area contributed by atoms with Crippen LogP contribution in [0.25, 0.3) is 0 Å². The van der Waals surface area contributed by atoms with Crippen molar-refractivity contribution >= 4 is 5.97 Å². The van der Waals surface area contributed by atoms with Gasteiger partial charge < -0.3 is 9.64 Å². The van der Waals surface area contributed by atoms with E-state index in [0.717, 1.165) is 24.5 Å². The summed E-state index contributed by atoms with van der Waals surface area (Å²) in [6.07, 6.45) is 2.36. The van der Waals surface area contributed by atoms with Crippen molar-refractivity contribution in [2.75, 3.05) is 27.2 Å². The summed E-state index contributed by atoms with van der Waals surface area (Å²) in [5.41, 5.74) is 1.24. The SMILES string of the molecule is CCOC(=O)c1cnc(CCN(C)C)nc1C(C)C. The Bertz CT molecular complexity index is 431. The second kappa shape index (κ2) is 7.19. The van der Waals surface area contributed by atoms with E-state index in [-0.39, 0.29) is 11.9 Å². The lowest BCUT2D eigenvalue weighted by molar-refractivity contribution is 0.0523. The fourth-order valence-corrected chi connectivity index (χ4v) is 1.68. The Morgan fingerprint density at radius 1 is 1.42 bits per heavy atom. The van der Waals surface area contributed by atoms with Gasteiger partial charge in [0.15, 0.2) is 0 Å². The van der Waals surface area contributed by atoms with Gasteiger partial charge in [0.1, 0.15) is 5.82 Å². The van der Waals surface area contributed by atoms with E-state index >= 15 is 0 Å². The quantitative estimate of drug-likeness (QED) is 0.735. The molecule has 0 aliphatic rings. The molecule has 5 heteroatoms. The molecule has 0 amide bonds. The summed E-state index contributed by atoms with van der Waals surface area (Å²) in [5.74, 6) is 0.594. The predicted molar refractivity (Wildman–Crippen MR) is 74.3 cm³/mol. The van der Waals surface area contributed by atoms with Crippen LogP contribution in [0.2, 0.25) is 0 Å². The van der Waals surface area contributed by atoms with E-state index in [1.807, 2.05) is 27.9 Å². The molecule has 1 aromatic rings. The zero-order valence-electron chi connectivity index (χ0n) is 12.4. The van der Waals surface area contributed by atoms with Crippen LogP contribution in [0.1, 0.15) is 48.6 Å². The summed E-state index contributed by atoms with van der Waals surface area (Å²) in [5, 5.41) is 0. The van der Waals surface area contributed by atoms with Crippen molar-refractivity contribution in [1.82, 2.24) is 14.9 Å². The normalized spacial score (nSPS) is 11.1. The van der Waals surface area contributed by atoms with Crippen molar-refractivity contribution in [2.45, 2.75) is 33.1 Å². The molecule has 0 bridgehead atoms. The maximum atomic E-state index is 11.8. The summed E-state index contributed by atoms with van der Waals surface area (Å²) in [4.78, 5) is 22.7. The van der Waals surface area contributed by atoms with E-state index in [2.05, 4.69) is 14.9 Å². The largest absolute Gasteiger partial charge is 0.462 e. The van der Waals surface area contributed by atoms with Crippen LogP contribution in [0.15, 0.2) is 6.20 Å². The molecule has 106 valence electrons. The Balaban J connectivity index is 2.97. The molecule has 0 N–H and O–H groups in total. The molecule has 0 radical (unpaired) electrons. The molecular weight excluding hydrogens is 242 g/mol. The average Bonchev–Trinajstić information content (AvgIpc) is 2.36. The predicted octanol–water partition coefficient (Wildman–Crippen LogP) is 1.88. The van der Waals surface area contributed by atoms with Crippen LogP contribution in [0.4, 0.5) is 0 Å². The molecule has 1 aromatic heterocycles. The van der Waals surface area contributed by atoms with Crippen molar-refractivity contribution in [3.05, 3.63) is 23.3 Å². The molecule has 0 aliphatic heterocycles. The van der Waals surface area contributed by atoms with Crippen molar-refractivity contribution < 1.29 is 9.53 Å². The highest BCUT2D eigenvalue weighted by molar-refractivity contribution is 5.90. The zero-order chi connectivity index (χ0) is 14.4. The Hall–Kier alpha value is -1.49. The molecule has 0 fully saturated rings. The molecule has 1 rings (SSSR count). The van der Waals surface area contributed by atoms with Gasteiger partial charge in [0, 0.05) is 19.2 Å². The monoisotopic (exact) mass is 265 g/mol. The Morgan fingerprint density at radius 2 is 2.11 bits per heavy atom. The Kier molecular flexibility index (Phi) is 5.89. The van der Waals surface area contributed by atoms with Gasteiger partial charge in [-0.05, 0) is 26.9 Å². The van der Waals surface area contributed by atoms with Crippen molar-refractivity contribution in [3.63, 3.8) is 0 Å². The molecule has 0 aliphatic carbocycles. The van der Waals surface area contributed by atoms with Crippen LogP contribution < -0.4 is 0 Å². The van der Waals surface area contributed by atoms with E-state index in [1.54, 1.807) is 13.1 Å². The van der Waals surface area contributed by atoms with E-state index < -0.39 is 0 Å². The first-order chi connectivity index (χ1) is 8.95. The number of rotatable bonds is 6. The molecule has 0 unspecified atom stereocenters. The third-order valence-electron chi connectivity index (χ3n) is 2.69. The number of carbonyl (C=O) groups excluding carboxylic acids is 1. The molecule has 1 heterocycles. The van der Waals surface area contributed by atoms with Crippen LogP contribution in [0.5, 0.6) is 0 Å². The molecule has 0 aromatic carbocycles. The third kappa shape index (κ3) is 4.59. The van der Waals surface area contributed by atoms with Crippen LogP contribution in [0.3, 0.4) is 0 Å². The number of aromatic nitrogens is 2. The molecule has 0 atom stereocenters. The minimum Gasteiger partial charge on any atom is -0.462 e. The third-order valence-corrected chi connectivity index (χ3v) is 2.69. The molecule has 0 saturated heterocycles. The molecule has 5 nitrogen and oxygen atoms in total. The van der Waals surface area contributed by atoms with Crippen molar-refractivity contribution in [2.24, 2.45) is 0 Å². The van der Waals surface area contributed by atoms with Gasteiger partial charge in [-0.15, -0.1) is 0 Å². The summed E-state index contributed by atoms with van der Waals surface area (Å²) in [6.45, 7) is 7.07. The fourth-order valence-electron chi connectivity index (χ4n) is 1.68. The van der Waals surface area contributed by atoms with Gasteiger partial charge >= 0.3 is 5.97 Å². The lowest BCUT2D eigenvalue weighted by Gasteiger charge is -2.13. The summed E-state index contributed by atoms with van der Waals surface area (Å²) < 4.78 is 5.03. The minimum absolute atomic E-state index is 0.167. The number of esters is 1. The molecular formula is C14H23N3O2. The van der Waals surface area contributed by atoms with Crippen molar-refractivity contribution in [3.8, 4) is 0 Å². The van der Waals surface area contributed by atoms with Gasteiger partial charge in [-0.25, -0.2) is 14.8 Å². The first-order valence-electron chi connectivity index (χ1n) is 6.63. The second-order valence-corrected chi connectivity index (χ2v) is 5.01. The highest BCUT2D eigenvalue weighted by atomic mass is 16.5. The van der Waals surface area contributed by atoms with Gasteiger partial charge in [-0.3, -0.25) is 0 Å². The number of ether oxygens (including phenoxy) is 1.